The molecule has 0 spiro atoms. The van der Waals surface area contributed by atoms with Crippen LogP contribution < -0.4 is 0 Å². The Labute approximate surface area is 150 Å². The summed E-state index contributed by atoms with van der Waals surface area (Å²) in [6, 6.07) is 5.60. The van der Waals surface area contributed by atoms with Crippen LogP contribution in [0.2, 0.25) is 0 Å². The normalized spacial score (nSPS) is 19.4. The maximum absolute atomic E-state index is 11.4. The molecule has 0 aromatic heterocycles. The summed E-state index contributed by atoms with van der Waals surface area (Å²) in [7, 11) is 0. The maximum atomic E-state index is 11.4. The molecule has 2 fully saturated rings. The summed E-state index contributed by atoms with van der Waals surface area (Å²) >= 11 is 0. The van der Waals surface area contributed by atoms with Gasteiger partial charge in [-0.05, 0) is 31.2 Å². The number of aromatic carboxylic acids is 1. The molecule has 8 heteroatoms. The quantitative estimate of drug-likeness (QED) is 0.439. The summed E-state index contributed by atoms with van der Waals surface area (Å²) in [5.41, 5.74) is 0.911. The van der Waals surface area contributed by atoms with Gasteiger partial charge in [0.15, 0.2) is 0 Å². The number of rotatable bonds is 7. The largest absolute Gasteiger partial charge is 0.478 e. The van der Waals surface area contributed by atoms with E-state index < -0.39 is 11.9 Å². The van der Waals surface area contributed by atoms with E-state index in [9.17, 15) is 14.4 Å². The summed E-state index contributed by atoms with van der Waals surface area (Å²) < 4.78 is 19.4. The highest BCUT2D eigenvalue weighted by molar-refractivity contribution is 5.92. The number of benzene rings is 1. The van der Waals surface area contributed by atoms with Crippen LogP contribution >= 0.6 is 0 Å². The molecule has 8 nitrogen and oxygen atoms in total. The molecule has 0 aliphatic carbocycles. The third-order valence-electron chi connectivity index (χ3n) is 3.32. The van der Waals surface area contributed by atoms with Crippen LogP contribution in [0.15, 0.2) is 36.4 Å². The van der Waals surface area contributed by atoms with Crippen molar-refractivity contribution in [3.63, 3.8) is 0 Å². The number of esters is 2. The highest BCUT2D eigenvalue weighted by atomic mass is 16.6. The Morgan fingerprint density at radius 2 is 1.50 bits per heavy atom. The average Bonchev–Trinajstić information content (AvgIpc) is 3.52. The van der Waals surface area contributed by atoms with Gasteiger partial charge in [0.05, 0.1) is 24.3 Å². The summed E-state index contributed by atoms with van der Waals surface area (Å²) in [6.45, 7) is 7.02. The van der Waals surface area contributed by atoms with E-state index in [-0.39, 0.29) is 30.3 Å². The lowest BCUT2D eigenvalue weighted by molar-refractivity contribution is -0.139. The second-order valence-electron chi connectivity index (χ2n) is 5.77. The molecule has 2 heterocycles. The first-order valence-corrected chi connectivity index (χ1v) is 7.93. The topological polar surface area (TPSA) is 115 Å². The fourth-order valence-corrected chi connectivity index (χ4v) is 1.62. The molecule has 3 rings (SSSR count). The zero-order valence-corrected chi connectivity index (χ0v) is 14.3. The van der Waals surface area contributed by atoms with E-state index in [0.717, 1.165) is 0 Å². The van der Waals surface area contributed by atoms with E-state index in [1.807, 2.05) is 0 Å². The van der Waals surface area contributed by atoms with Crippen molar-refractivity contribution in [1.82, 2.24) is 0 Å². The van der Waals surface area contributed by atoms with Gasteiger partial charge in [0.25, 0.3) is 0 Å². The molecule has 0 radical (unpaired) electrons. The van der Waals surface area contributed by atoms with Crippen LogP contribution in [0.25, 0.3) is 0 Å². The lowest BCUT2D eigenvalue weighted by Gasteiger charge is -2.02. The highest BCUT2D eigenvalue weighted by Gasteiger charge is 2.25. The second-order valence-corrected chi connectivity index (χ2v) is 5.77. The van der Waals surface area contributed by atoms with Crippen LogP contribution in [0, 0.1) is 0 Å². The minimum atomic E-state index is -1.02. The van der Waals surface area contributed by atoms with Crippen molar-refractivity contribution in [3.8, 4) is 0 Å². The van der Waals surface area contributed by atoms with Gasteiger partial charge in [-0.15, -0.1) is 0 Å². The minimum absolute atomic E-state index is 0.0299. The second kappa shape index (κ2) is 9.12. The van der Waals surface area contributed by atoms with Crippen LogP contribution in [0.3, 0.4) is 0 Å². The van der Waals surface area contributed by atoms with Crippen LogP contribution in [0.4, 0.5) is 0 Å². The van der Waals surface area contributed by atoms with Crippen LogP contribution in [0.1, 0.15) is 27.6 Å². The first kappa shape index (κ1) is 19.6. The third-order valence-corrected chi connectivity index (χ3v) is 3.32. The van der Waals surface area contributed by atoms with Crippen molar-refractivity contribution < 1.29 is 38.4 Å². The van der Waals surface area contributed by atoms with Crippen LogP contribution in [-0.2, 0) is 23.7 Å². The number of hydrogen-bond acceptors (Lipinski definition) is 7. The Kier molecular flexibility index (Phi) is 6.88. The van der Waals surface area contributed by atoms with E-state index in [0.29, 0.717) is 31.0 Å². The Balaban J connectivity index is 0.000000209. The van der Waals surface area contributed by atoms with Crippen molar-refractivity contribution >= 4 is 17.9 Å². The van der Waals surface area contributed by atoms with Gasteiger partial charge >= 0.3 is 17.9 Å². The van der Waals surface area contributed by atoms with Gasteiger partial charge < -0.3 is 24.1 Å². The molecule has 26 heavy (non-hydrogen) atoms. The van der Waals surface area contributed by atoms with E-state index in [4.69, 9.17) is 24.1 Å². The number of hydrogen-bond donors (Lipinski definition) is 1. The van der Waals surface area contributed by atoms with Crippen molar-refractivity contribution in [1.29, 1.82) is 0 Å². The van der Waals surface area contributed by atoms with Gasteiger partial charge in [-0.1, -0.05) is 6.58 Å². The number of carboxylic acids is 1. The molecule has 2 aliphatic rings. The summed E-state index contributed by atoms with van der Waals surface area (Å²) in [6.07, 6.45) is 0.172. The molecule has 1 aromatic carbocycles. The molecular formula is C18H20O8. The minimum Gasteiger partial charge on any atom is -0.478 e. The number of ether oxygens (including phenoxy) is 4. The average molecular weight is 364 g/mol. The van der Waals surface area contributed by atoms with E-state index in [1.54, 1.807) is 6.92 Å². The maximum Gasteiger partial charge on any atom is 0.338 e. The molecule has 0 amide bonds. The zero-order valence-electron chi connectivity index (χ0n) is 14.3. The van der Waals surface area contributed by atoms with E-state index in [1.165, 1.54) is 24.3 Å². The Hall–Kier alpha value is -2.71. The van der Waals surface area contributed by atoms with Crippen molar-refractivity contribution in [2.24, 2.45) is 0 Å². The molecule has 2 saturated heterocycles. The SMILES string of the molecule is C=C(C)C(=O)OCC1CO1.O=C(O)c1ccc(C(=O)OCC2CO2)cc1. The molecule has 1 N–H and O–H groups in total. The first-order chi connectivity index (χ1) is 12.4. The molecule has 2 unspecified atom stereocenters. The summed E-state index contributed by atoms with van der Waals surface area (Å²) in [5, 5.41) is 8.67. The van der Waals surface area contributed by atoms with Gasteiger partial charge in [-0.3, -0.25) is 0 Å². The predicted octanol–water partition coefficient (Wildman–Crippen LogP) is 1.44. The highest BCUT2D eigenvalue weighted by Crippen LogP contribution is 2.11. The van der Waals surface area contributed by atoms with Crippen LogP contribution in [0.5, 0.6) is 0 Å². The molecule has 1 aromatic rings. The lowest BCUT2D eigenvalue weighted by atomic mass is 10.1. The van der Waals surface area contributed by atoms with Crippen molar-refractivity contribution in [2.75, 3.05) is 26.4 Å². The predicted molar refractivity (Wildman–Crippen MR) is 88.9 cm³/mol. The molecule has 0 bridgehead atoms. The van der Waals surface area contributed by atoms with Gasteiger partial charge in [0.2, 0.25) is 0 Å². The number of carboxylic acid groups (broad SMARTS) is 1. The zero-order chi connectivity index (χ0) is 19.1. The molecule has 2 atom stereocenters. The smallest absolute Gasteiger partial charge is 0.338 e. The fourth-order valence-electron chi connectivity index (χ4n) is 1.62. The summed E-state index contributed by atoms with van der Waals surface area (Å²) in [5.74, 6) is -1.82. The van der Waals surface area contributed by atoms with Gasteiger partial charge in [0, 0.05) is 5.57 Å². The molecule has 140 valence electrons. The molecule has 2 aliphatic heterocycles. The van der Waals surface area contributed by atoms with E-state index >= 15 is 0 Å². The number of carbonyl (C=O) groups is 3. The Bertz CT molecular complexity index is 671. The summed E-state index contributed by atoms with van der Waals surface area (Å²) in [4.78, 5) is 32.7. The standard InChI is InChI=1S/C11H10O5.C7H10O3/c12-10(13)7-1-3-8(4-2-7)11(14)16-6-9-5-15-9;1-5(2)7(8)10-4-6-3-9-6/h1-4,9H,5-6H2,(H,12,13);6H,1,3-4H2,2H3. The first-order valence-electron chi connectivity index (χ1n) is 7.93. The van der Waals surface area contributed by atoms with E-state index in [2.05, 4.69) is 6.58 Å². The van der Waals surface area contributed by atoms with Gasteiger partial charge in [-0.25, -0.2) is 14.4 Å². The molecule has 0 saturated carbocycles. The third kappa shape index (κ3) is 7.04. The van der Waals surface area contributed by atoms with Gasteiger partial charge in [-0.2, -0.15) is 0 Å². The van der Waals surface area contributed by atoms with Crippen molar-refractivity contribution in [3.05, 3.63) is 47.5 Å². The fraction of sp³-hybridized carbons (Fsp3) is 0.389. The molecular weight excluding hydrogens is 344 g/mol. The Morgan fingerprint density at radius 3 is 1.92 bits per heavy atom. The van der Waals surface area contributed by atoms with Gasteiger partial charge in [0.1, 0.15) is 25.4 Å². The number of carbonyl (C=O) groups excluding carboxylic acids is 2. The van der Waals surface area contributed by atoms with Crippen molar-refractivity contribution in [2.45, 2.75) is 19.1 Å². The Morgan fingerprint density at radius 1 is 1.04 bits per heavy atom. The lowest BCUT2D eigenvalue weighted by Crippen LogP contribution is -2.10. The monoisotopic (exact) mass is 364 g/mol. The number of epoxide rings is 2. The van der Waals surface area contributed by atoms with Crippen LogP contribution in [-0.4, -0.2) is 61.6 Å².